The fourth-order valence-electron chi connectivity index (χ4n) is 3.09. The summed E-state index contributed by atoms with van der Waals surface area (Å²) in [5.74, 6) is -0.666. The van der Waals surface area contributed by atoms with E-state index < -0.39 is 21.3 Å². The molecule has 0 atom stereocenters. The molecule has 1 aromatic heterocycles. The maximum atomic E-state index is 13.4. The predicted molar refractivity (Wildman–Crippen MR) is 111 cm³/mol. The predicted octanol–water partition coefficient (Wildman–Crippen LogP) is 4.27. The van der Waals surface area contributed by atoms with Gasteiger partial charge in [0.2, 0.25) is 15.5 Å². The largest absolute Gasteiger partial charge is 0.506 e. The molecule has 0 spiro atoms. The molecular weight excluding hydrogens is 433 g/mol. The minimum Gasteiger partial charge on any atom is -0.506 e. The number of benzene rings is 3. The summed E-state index contributed by atoms with van der Waals surface area (Å²) in [6.07, 6.45) is 0. The van der Waals surface area contributed by atoms with Gasteiger partial charge >= 0.3 is 0 Å². The maximum Gasteiger partial charge on any atom is 0.238 e. The standard InChI is InChI=1S/C21H13ClFNO5S/c22-18-16(25)10-9-15-19(26)17(11-1-5-13(23)6-2-11)20(29-21(15)18)12-3-7-14(8-4-12)30(24,27)28/h1-10,25H,(H2,24,27,28). The Morgan fingerprint density at radius 2 is 1.53 bits per heavy atom. The molecule has 1 heterocycles. The summed E-state index contributed by atoms with van der Waals surface area (Å²) in [4.78, 5) is 13.2. The Morgan fingerprint density at radius 1 is 0.933 bits per heavy atom. The van der Waals surface area contributed by atoms with Crippen LogP contribution in [0.3, 0.4) is 0 Å². The van der Waals surface area contributed by atoms with Crippen LogP contribution in [0, 0.1) is 5.82 Å². The van der Waals surface area contributed by atoms with Crippen LogP contribution in [-0.4, -0.2) is 13.5 Å². The Bertz CT molecular complexity index is 1450. The van der Waals surface area contributed by atoms with Crippen molar-refractivity contribution in [2.45, 2.75) is 4.90 Å². The molecule has 0 bridgehead atoms. The number of phenolic OH excluding ortho intramolecular Hbond substituents is 1. The van der Waals surface area contributed by atoms with Crippen LogP contribution in [0.5, 0.6) is 5.75 Å². The fourth-order valence-corrected chi connectivity index (χ4v) is 3.81. The third kappa shape index (κ3) is 3.45. The molecule has 4 aromatic rings. The number of nitrogens with two attached hydrogens (primary N) is 1. The van der Waals surface area contributed by atoms with Crippen LogP contribution in [0.4, 0.5) is 4.39 Å². The fraction of sp³-hybridized carbons (Fsp3) is 0. The molecule has 9 heteroatoms. The normalized spacial score (nSPS) is 11.7. The minimum absolute atomic E-state index is 0.0296. The number of halogens is 2. The van der Waals surface area contributed by atoms with Gasteiger partial charge in [0.15, 0.2) is 5.58 Å². The van der Waals surface area contributed by atoms with E-state index in [0.717, 1.165) is 0 Å². The molecule has 0 aliphatic rings. The van der Waals surface area contributed by atoms with Gasteiger partial charge in [0, 0.05) is 5.56 Å². The molecule has 0 aliphatic heterocycles. The number of phenols is 1. The van der Waals surface area contributed by atoms with Gasteiger partial charge < -0.3 is 9.52 Å². The van der Waals surface area contributed by atoms with E-state index >= 15 is 0 Å². The van der Waals surface area contributed by atoms with Crippen molar-refractivity contribution in [3.63, 3.8) is 0 Å². The lowest BCUT2D eigenvalue weighted by Gasteiger charge is -2.12. The average molecular weight is 446 g/mol. The van der Waals surface area contributed by atoms with E-state index in [1.165, 1.54) is 60.7 Å². The highest BCUT2D eigenvalue weighted by Crippen LogP contribution is 2.37. The molecular formula is C21H13ClFNO5S. The van der Waals surface area contributed by atoms with Gasteiger partial charge in [-0.25, -0.2) is 17.9 Å². The van der Waals surface area contributed by atoms with Crippen LogP contribution in [-0.2, 0) is 10.0 Å². The van der Waals surface area contributed by atoms with Crippen LogP contribution in [0.2, 0.25) is 5.02 Å². The van der Waals surface area contributed by atoms with Gasteiger partial charge in [-0.05, 0) is 54.1 Å². The first kappa shape index (κ1) is 20.1. The topological polar surface area (TPSA) is 111 Å². The number of rotatable bonds is 3. The Hall–Kier alpha value is -3.20. The van der Waals surface area contributed by atoms with Crippen molar-refractivity contribution < 1.29 is 22.3 Å². The summed E-state index contributed by atoms with van der Waals surface area (Å²) < 4.78 is 42.4. The molecule has 6 nitrogen and oxygen atoms in total. The van der Waals surface area contributed by atoms with Crippen LogP contribution < -0.4 is 10.6 Å². The van der Waals surface area contributed by atoms with E-state index in [1.807, 2.05) is 0 Å². The van der Waals surface area contributed by atoms with Crippen molar-refractivity contribution in [2.75, 3.05) is 0 Å². The van der Waals surface area contributed by atoms with Crippen LogP contribution in [0.25, 0.3) is 33.4 Å². The Labute approximate surface area is 175 Å². The highest BCUT2D eigenvalue weighted by atomic mass is 35.5. The molecule has 0 saturated carbocycles. The summed E-state index contributed by atoms with van der Waals surface area (Å²) in [7, 11) is -3.91. The molecule has 3 aromatic carbocycles. The van der Waals surface area contributed by atoms with Crippen molar-refractivity contribution in [2.24, 2.45) is 5.14 Å². The Kier molecular flexibility index (Phi) is 4.85. The lowest BCUT2D eigenvalue weighted by atomic mass is 9.98. The van der Waals surface area contributed by atoms with Crippen LogP contribution in [0.15, 0.2) is 74.8 Å². The summed E-state index contributed by atoms with van der Waals surface area (Å²) >= 11 is 6.13. The van der Waals surface area contributed by atoms with Gasteiger partial charge in [-0.1, -0.05) is 23.7 Å². The second-order valence-corrected chi connectivity index (χ2v) is 8.43. The first-order valence-corrected chi connectivity index (χ1v) is 10.5. The van der Waals surface area contributed by atoms with Gasteiger partial charge in [-0.2, -0.15) is 0 Å². The number of hydrogen-bond acceptors (Lipinski definition) is 5. The lowest BCUT2D eigenvalue weighted by Crippen LogP contribution is -2.12. The van der Waals surface area contributed by atoms with Gasteiger partial charge in [0.25, 0.3) is 0 Å². The smallest absolute Gasteiger partial charge is 0.238 e. The quantitative estimate of drug-likeness (QED) is 0.489. The van der Waals surface area contributed by atoms with Crippen molar-refractivity contribution in [1.29, 1.82) is 0 Å². The van der Waals surface area contributed by atoms with E-state index in [9.17, 15) is 22.7 Å². The van der Waals surface area contributed by atoms with Crippen molar-refractivity contribution in [3.05, 3.63) is 81.7 Å². The highest BCUT2D eigenvalue weighted by molar-refractivity contribution is 7.89. The van der Waals surface area contributed by atoms with E-state index in [1.54, 1.807) is 0 Å². The molecule has 4 rings (SSSR count). The molecule has 30 heavy (non-hydrogen) atoms. The Morgan fingerprint density at radius 3 is 2.13 bits per heavy atom. The average Bonchev–Trinajstić information content (AvgIpc) is 2.71. The van der Waals surface area contributed by atoms with Crippen molar-refractivity contribution in [3.8, 4) is 28.2 Å². The zero-order chi connectivity index (χ0) is 21.6. The molecule has 3 N–H and O–H groups in total. The highest BCUT2D eigenvalue weighted by Gasteiger charge is 2.21. The summed E-state index contributed by atoms with van der Waals surface area (Å²) in [6.45, 7) is 0. The summed E-state index contributed by atoms with van der Waals surface area (Å²) in [5, 5.41) is 15.0. The minimum atomic E-state index is -3.91. The van der Waals surface area contributed by atoms with Gasteiger partial charge in [0.1, 0.15) is 22.3 Å². The van der Waals surface area contributed by atoms with Crippen LogP contribution in [0.1, 0.15) is 0 Å². The molecule has 0 radical (unpaired) electrons. The van der Waals surface area contributed by atoms with Crippen LogP contribution >= 0.6 is 11.6 Å². The summed E-state index contributed by atoms with van der Waals surface area (Å²) in [6, 6.07) is 13.3. The Balaban J connectivity index is 2.08. The maximum absolute atomic E-state index is 13.4. The second-order valence-electron chi connectivity index (χ2n) is 6.49. The zero-order valence-electron chi connectivity index (χ0n) is 15.1. The van der Waals surface area contributed by atoms with Crippen molar-refractivity contribution in [1.82, 2.24) is 0 Å². The molecule has 0 amide bonds. The number of sulfonamides is 1. The number of hydrogen-bond donors (Lipinski definition) is 2. The number of aromatic hydroxyl groups is 1. The first-order chi connectivity index (χ1) is 14.2. The first-order valence-electron chi connectivity index (χ1n) is 8.54. The van der Waals surface area contributed by atoms with Gasteiger partial charge in [-0.15, -0.1) is 0 Å². The van der Waals surface area contributed by atoms with E-state index in [-0.39, 0.29) is 38.0 Å². The van der Waals surface area contributed by atoms with E-state index in [4.69, 9.17) is 21.2 Å². The lowest BCUT2D eigenvalue weighted by molar-refractivity contribution is 0.474. The third-order valence-electron chi connectivity index (χ3n) is 4.56. The molecule has 0 saturated heterocycles. The molecule has 0 fully saturated rings. The molecule has 0 unspecified atom stereocenters. The van der Waals surface area contributed by atoms with Crippen molar-refractivity contribution >= 4 is 32.6 Å². The second kappa shape index (κ2) is 7.24. The zero-order valence-corrected chi connectivity index (χ0v) is 16.7. The number of fused-ring (bicyclic) bond motifs is 1. The monoisotopic (exact) mass is 445 g/mol. The van der Waals surface area contributed by atoms with Gasteiger partial charge in [-0.3, -0.25) is 4.79 Å². The van der Waals surface area contributed by atoms with Gasteiger partial charge in [0.05, 0.1) is 15.8 Å². The van der Waals surface area contributed by atoms with E-state index in [0.29, 0.717) is 11.1 Å². The molecule has 0 aliphatic carbocycles. The third-order valence-corrected chi connectivity index (χ3v) is 5.85. The SMILES string of the molecule is NS(=O)(=O)c1ccc(-c2oc3c(Cl)c(O)ccc3c(=O)c2-c2ccc(F)cc2)cc1. The van der Waals surface area contributed by atoms with E-state index in [2.05, 4.69) is 0 Å². The summed E-state index contributed by atoms with van der Waals surface area (Å²) in [5.41, 5.74) is 0.405. The molecule has 152 valence electrons. The number of primary sulfonamides is 1.